The van der Waals surface area contributed by atoms with Crippen molar-refractivity contribution in [1.82, 2.24) is 4.98 Å². The van der Waals surface area contributed by atoms with Crippen molar-refractivity contribution in [2.75, 3.05) is 5.32 Å². The zero-order valence-electron chi connectivity index (χ0n) is 14.3. The fourth-order valence-corrected chi connectivity index (χ4v) is 4.23. The van der Waals surface area contributed by atoms with Crippen LogP contribution in [-0.2, 0) is 10.2 Å². The zero-order chi connectivity index (χ0) is 16.6. The molecule has 0 saturated heterocycles. The molecule has 1 aromatic carbocycles. The predicted molar refractivity (Wildman–Crippen MR) is 99.1 cm³/mol. The number of benzene rings is 1. The van der Waals surface area contributed by atoms with Gasteiger partial charge in [0.25, 0.3) is 0 Å². The van der Waals surface area contributed by atoms with Gasteiger partial charge in [-0.25, -0.2) is 4.98 Å². The van der Waals surface area contributed by atoms with Gasteiger partial charge in [0.15, 0.2) is 5.13 Å². The van der Waals surface area contributed by atoms with E-state index in [1.807, 2.05) is 0 Å². The van der Waals surface area contributed by atoms with Crippen LogP contribution in [0.15, 0.2) is 18.2 Å². The van der Waals surface area contributed by atoms with Gasteiger partial charge in [0.05, 0.1) is 10.2 Å². The standard InChI is InChI=1S/C19H24N2OS/c1-12(22)20-18-21-17-15(23-18)11-10-14(16(17)19(2,3)4)13-8-6-5-7-9-13/h8,10-11H,5-7,9H2,1-4H3,(H,20,21,22). The maximum atomic E-state index is 11.3. The third kappa shape index (κ3) is 3.32. The Morgan fingerprint density at radius 3 is 2.65 bits per heavy atom. The van der Waals surface area contributed by atoms with E-state index in [1.165, 1.54) is 42.9 Å². The highest BCUT2D eigenvalue weighted by atomic mass is 32.1. The van der Waals surface area contributed by atoms with Crippen LogP contribution in [0, 0.1) is 0 Å². The second-order valence-electron chi connectivity index (χ2n) is 7.26. The first-order valence-electron chi connectivity index (χ1n) is 8.27. The van der Waals surface area contributed by atoms with Crippen molar-refractivity contribution in [2.45, 2.75) is 58.8 Å². The summed E-state index contributed by atoms with van der Waals surface area (Å²) in [5, 5.41) is 3.51. The Labute approximate surface area is 141 Å². The first-order valence-corrected chi connectivity index (χ1v) is 9.09. The number of nitrogens with zero attached hydrogens (tertiary/aromatic N) is 1. The van der Waals surface area contributed by atoms with Crippen molar-refractivity contribution in [3.63, 3.8) is 0 Å². The number of rotatable bonds is 2. The predicted octanol–water partition coefficient (Wildman–Crippen LogP) is 5.51. The molecule has 0 saturated carbocycles. The molecule has 3 rings (SSSR count). The Balaban J connectivity index is 2.20. The van der Waals surface area contributed by atoms with Crippen LogP contribution in [0.25, 0.3) is 15.8 Å². The SMILES string of the molecule is CC(=O)Nc1nc2c(C(C)(C)C)c(C3=CCCCC3)ccc2s1. The summed E-state index contributed by atoms with van der Waals surface area (Å²) in [4.78, 5) is 16.1. The van der Waals surface area contributed by atoms with Crippen molar-refractivity contribution in [2.24, 2.45) is 0 Å². The molecule has 0 unspecified atom stereocenters. The highest BCUT2D eigenvalue weighted by Crippen LogP contribution is 2.41. The van der Waals surface area contributed by atoms with Gasteiger partial charge in [0, 0.05) is 6.92 Å². The lowest BCUT2D eigenvalue weighted by Crippen LogP contribution is -2.15. The average Bonchev–Trinajstić information content (AvgIpc) is 2.87. The molecule has 0 fully saturated rings. The topological polar surface area (TPSA) is 42.0 Å². The van der Waals surface area contributed by atoms with Crippen LogP contribution in [0.1, 0.15) is 64.5 Å². The highest BCUT2D eigenvalue weighted by Gasteiger charge is 2.25. The van der Waals surface area contributed by atoms with Crippen molar-refractivity contribution in [3.8, 4) is 0 Å². The summed E-state index contributed by atoms with van der Waals surface area (Å²) in [6, 6.07) is 4.40. The maximum Gasteiger partial charge on any atom is 0.223 e. The molecular formula is C19H24N2OS. The van der Waals surface area contributed by atoms with Gasteiger partial charge in [-0.2, -0.15) is 0 Å². The van der Waals surface area contributed by atoms with Gasteiger partial charge >= 0.3 is 0 Å². The van der Waals surface area contributed by atoms with Crippen molar-refractivity contribution in [1.29, 1.82) is 0 Å². The van der Waals surface area contributed by atoms with Gasteiger partial charge in [-0.1, -0.05) is 44.3 Å². The number of aromatic nitrogens is 1. The number of fused-ring (bicyclic) bond motifs is 1. The Hall–Kier alpha value is -1.68. The van der Waals surface area contributed by atoms with Crippen LogP contribution < -0.4 is 5.32 Å². The smallest absolute Gasteiger partial charge is 0.223 e. The van der Waals surface area contributed by atoms with E-state index in [9.17, 15) is 4.79 Å². The number of hydrogen-bond acceptors (Lipinski definition) is 3. The molecular weight excluding hydrogens is 304 g/mol. The van der Waals surface area contributed by atoms with Crippen LogP contribution in [-0.4, -0.2) is 10.9 Å². The molecule has 3 nitrogen and oxygen atoms in total. The monoisotopic (exact) mass is 328 g/mol. The third-order valence-electron chi connectivity index (χ3n) is 4.23. The number of allylic oxidation sites excluding steroid dienone is 2. The van der Waals surface area contributed by atoms with Gasteiger partial charge in [0.2, 0.25) is 5.91 Å². The minimum Gasteiger partial charge on any atom is -0.302 e. The molecule has 4 heteroatoms. The maximum absolute atomic E-state index is 11.3. The summed E-state index contributed by atoms with van der Waals surface area (Å²) in [5.41, 5.74) is 5.14. The van der Waals surface area contributed by atoms with Crippen molar-refractivity contribution < 1.29 is 4.79 Å². The van der Waals surface area contributed by atoms with E-state index in [2.05, 4.69) is 44.3 Å². The first kappa shape index (κ1) is 16.2. The van der Waals surface area contributed by atoms with Crippen LogP contribution in [0.3, 0.4) is 0 Å². The number of hydrogen-bond donors (Lipinski definition) is 1. The summed E-state index contributed by atoms with van der Waals surface area (Å²) >= 11 is 1.55. The quantitative estimate of drug-likeness (QED) is 0.790. The summed E-state index contributed by atoms with van der Waals surface area (Å²) in [5.74, 6) is -0.0726. The lowest BCUT2D eigenvalue weighted by molar-refractivity contribution is -0.114. The van der Waals surface area contributed by atoms with Crippen LogP contribution in [0.5, 0.6) is 0 Å². The Morgan fingerprint density at radius 2 is 2.04 bits per heavy atom. The third-order valence-corrected chi connectivity index (χ3v) is 5.17. The molecule has 0 atom stereocenters. The van der Waals surface area contributed by atoms with Gasteiger partial charge in [-0.05, 0) is 53.9 Å². The lowest BCUT2D eigenvalue weighted by atomic mass is 9.79. The molecule has 1 N–H and O–H groups in total. The van der Waals surface area contributed by atoms with E-state index < -0.39 is 0 Å². The number of nitrogens with one attached hydrogen (secondary N) is 1. The highest BCUT2D eigenvalue weighted by molar-refractivity contribution is 7.22. The van der Waals surface area contributed by atoms with Crippen LogP contribution in [0.2, 0.25) is 0 Å². The fourth-order valence-electron chi connectivity index (χ4n) is 3.31. The van der Waals surface area contributed by atoms with Gasteiger partial charge in [-0.15, -0.1) is 0 Å². The number of anilines is 1. The molecule has 1 heterocycles. The average molecular weight is 328 g/mol. The first-order chi connectivity index (χ1) is 10.9. The zero-order valence-corrected chi connectivity index (χ0v) is 15.1. The second-order valence-corrected chi connectivity index (χ2v) is 8.29. The summed E-state index contributed by atoms with van der Waals surface area (Å²) < 4.78 is 1.14. The van der Waals surface area contributed by atoms with E-state index in [-0.39, 0.29) is 11.3 Å². The normalized spacial score (nSPS) is 15.6. The Morgan fingerprint density at radius 1 is 1.26 bits per heavy atom. The number of thiazole rings is 1. The van der Waals surface area contributed by atoms with E-state index in [4.69, 9.17) is 4.98 Å². The number of carbonyl (C=O) groups excluding carboxylic acids is 1. The van der Waals surface area contributed by atoms with Gasteiger partial charge < -0.3 is 5.32 Å². The van der Waals surface area contributed by atoms with E-state index in [1.54, 1.807) is 11.3 Å². The Bertz CT molecular complexity index is 780. The number of carbonyl (C=O) groups is 1. The molecule has 23 heavy (non-hydrogen) atoms. The molecule has 0 aliphatic heterocycles. The Kier molecular flexibility index (Phi) is 4.28. The largest absolute Gasteiger partial charge is 0.302 e. The van der Waals surface area contributed by atoms with E-state index in [0.29, 0.717) is 5.13 Å². The molecule has 2 aromatic rings. The molecule has 122 valence electrons. The van der Waals surface area contributed by atoms with E-state index >= 15 is 0 Å². The second kappa shape index (κ2) is 6.08. The molecule has 0 radical (unpaired) electrons. The van der Waals surface area contributed by atoms with Crippen molar-refractivity contribution in [3.05, 3.63) is 29.3 Å². The molecule has 1 aliphatic rings. The van der Waals surface area contributed by atoms with Gasteiger partial charge in [-0.3, -0.25) is 4.79 Å². The lowest BCUT2D eigenvalue weighted by Gasteiger charge is -2.26. The number of amides is 1. The van der Waals surface area contributed by atoms with Crippen LogP contribution in [0.4, 0.5) is 5.13 Å². The van der Waals surface area contributed by atoms with Crippen LogP contribution >= 0.6 is 11.3 Å². The summed E-state index contributed by atoms with van der Waals surface area (Å²) in [7, 11) is 0. The van der Waals surface area contributed by atoms with E-state index in [0.717, 1.165) is 16.6 Å². The van der Waals surface area contributed by atoms with Crippen molar-refractivity contribution >= 4 is 38.2 Å². The summed E-state index contributed by atoms with van der Waals surface area (Å²) in [6.07, 6.45) is 7.27. The molecule has 0 spiro atoms. The molecule has 0 bridgehead atoms. The minimum atomic E-state index is -0.0726. The molecule has 1 aliphatic carbocycles. The fraction of sp³-hybridized carbons (Fsp3) is 0.474. The molecule has 1 amide bonds. The van der Waals surface area contributed by atoms with Gasteiger partial charge in [0.1, 0.15) is 0 Å². The summed E-state index contributed by atoms with van der Waals surface area (Å²) in [6.45, 7) is 8.25. The minimum absolute atomic E-state index is 0.00863. The molecule has 1 aromatic heterocycles.